The maximum absolute atomic E-state index is 13.1. The van der Waals surface area contributed by atoms with Crippen LogP contribution in [-0.2, 0) is 20.5 Å². The van der Waals surface area contributed by atoms with Gasteiger partial charge in [-0.25, -0.2) is 0 Å². The van der Waals surface area contributed by atoms with Crippen LogP contribution in [0.3, 0.4) is 0 Å². The Hall–Kier alpha value is -2.52. The second-order valence-corrected chi connectivity index (χ2v) is 9.56. The molecule has 1 aliphatic heterocycles. The zero-order valence-corrected chi connectivity index (χ0v) is 18.3. The summed E-state index contributed by atoms with van der Waals surface area (Å²) < 4.78 is 36.0. The van der Waals surface area contributed by atoms with Gasteiger partial charge in [-0.1, -0.05) is 50.2 Å². The van der Waals surface area contributed by atoms with Crippen molar-refractivity contribution in [3.63, 3.8) is 0 Å². The van der Waals surface area contributed by atoms with Crippen molar-refractivity contribution in [2.24, 2.45) is 4.40 Å². The van der Waals surface area contributed by atoms with E-state index in [2.05, 4.69) is 4.40 Å². The molecular formula is C23H26N2O5S. The van der Waals surface area contributed by atoms with Gasteiger partial charge in [-0.05, 0) is 29.7 Å². The maximum atomic E-state index is 13.1. The van der Waals surface area contributed by atoms with Crippen molar-refractivity contribution in [2.75, 3.05) is 26.3 Å². The zero-order valence-electron chi connectivity index (χ0n) is 17.5. The number of rotatable bonds is 5. The van der Waals surface area contributed by atoms with Crippen molar-refractivity contribution in [1.82, 2.24) is 4.90 Å². The number of aliphatic hydroxyl groups is 2. The fraction of sp³-hybridized carbons (Fsp3) is 0.348. The predicted octanol–water partition coefficient (Wildman–Crippen LogP) is 2.36. The van der Waals surface area contributed by atoms with Gasteiger partial charge in [0, 0.05) is 24.2 Å². The number of allylic oxidation sites excluding steroid dienone is 1. The molecule has 0 unspecified atom stereocenters. The van der Waals surface area contributed by atoms with Gasteiger partial charge in [-0.2, -0.15) is 12.8 Å². The molecule has 0 radical (unpaired) electrons. The van der Waals surface area contributed by atoms with Gasteiger partial charge >= 0.3 is 0 Å². The van der Waals surface area contributed by atoms with E-state index < -0.39 is 15.8 Å². The predicted molar refractivity (Wildman–Crippen MR) is 117 cm³/mol. The van der Waals surface area contributed by atoms with E-state index in [0.29, 0.717) is 29.3 Å². The van der Waals surface area contributed by atoms with Gasteiger partial charge in [0.15, 0.2) is 0 Å². The number of sulfonamides is 1. The first kappa shape index (κ1) is 21.7. The molecular weight excluding hydrogens is 416 g/mol. The average Bonchev–Trinajstić information content (AvgIpc) is 2.75. The van der Waals surface area contributed by atoms with Crippen molar-refractivity contribution in [2.45, 2.75) is 30.4 Å². The summed E-state index contributed by atoms with van der Waals surface area (Å²) in [5, 5.41) is 20.8. The topological polar surface area (TPSA) is 99.4 Å². The number of hydrogen-bond donors (Lipinski definition) is 2. The lowest BCUT2D eigenvalue weighted by Crippen LogP contribution is -2.50. The van der Waals surface area contributed by atoms with Gasteiger partial charge < -0.3 is 19.8 Å². The van der Waals surface area contributed by atoms with Crippen molar-refractivity contribution in [1.29, 1.82) is 0 Å². The number of aliphatic hydroxyl groups excluding tert-OH is 1. The molecule has 0 bridgehead atoms. The minimum Gasteiger partial charge on any atom is -0.395 e. The normalized spacial score (nSPS) is 22.3. The van der Waals surface area contributed by atoms with Crippen LogP contribution in [-0.4, -0.2) is 55.5 Å². The summed E-state index contributed by atoms with van der Waals surface area (Å²) in [6, 6.07) is 13.6. The Labute approximate surface area is 182 Å². The highest BCUT2D eigenvalue weighted by molar-refractivity contribution is 7.90. The van der Waals surface area contributed by atoms with Gasteiger partial charge in [-0.3, -0.25) is 0 Å². The average molecular weight is 443 g/mol. The molecule has 2 aliphatic rings. The second-order valence-electron chi connectivity index (χ2n) is 7.95. The highest BCUT2D eigenvalue weighted by atomic mass is 32.2. The van der Waals surface area contributed by atoms with Crippen molar-refractivity contribution in [3.8, 4) is 0 Å². The quantitative estimate of drug-likeness (QED) is 0.738. The third-order valence-electron chi connectivity index (χ3n) is 5.63. The molecule has 7 nitrogen and oxygen atoms in total. The van der Waals surface area contributed by atoms with E-state index in [1.807, 2.05) is 13.8 Å². The molecule has 1 aliphatic carbocycles. The van der Waals surface area contributed by atoms with E-state index in [0.717, 1.165) is 5.56 Å². The minimum absolute atomic E-state index is 0.105. The number of nitrogens with zero attached hydrogens (tertiary/aromatic N) is 2. The van der Waals surface area contributed by atoms with Crippen LogP contribution in [0.2, 0.25) is 0 Å². The fourth-order valence-electron chi connectivity index (χ4n) is 3.96. The van der Waals surface area contributed by atoms with Crippen LogP contribution in [0.15, 0.2) is 69.6 Å². The molecule has 1 atom stereocenters. The Morgan fingerprint density at radius 1 is 1.16 bits per heavy atom. The number of β-amino-alcohol motifs (C(OH)–C–C–N with tert-alkyl or cyclic N) is 1. The zero-order chi connectivity index (χ0) is 22.2. The molecule has 4 rings (SSSR count). The Bertz CT molecular complexity index is 1140. The lowest BCUT2D eigenvalue weighted by atomic mass is 9.86. The van der Waals surface area contributed by atoms with Crippen LogP contribution < -0.4 is 0 Å². The molecule has 1 saturated heterocycles. The van der Waals surface area contributed by atoms with Gasteiger partial charge in [0.2, 0.25) is 5.79 Å². The van der Waals surface area contributed by atoms with Crippen LogP contribution in [0.4, 0.5) is 0 Å². The molecule has 1 fully saturated rings. The highest BCUT2D eigenvalue weighted by Crippen LogP contribution is 2.41. The Morgan fingerprint density at radius 3 is 2.55 bits per heavy atom. The molecule has 2 aromatic carbocycles. The van der Waals surface area contributed by atoms with Crippen molar-refractivity contribution < 1.29 is 23.4 Å². The molecule has 0 aromatic heterocycles. The largest absolute Gasteiger partial charge is 0.395 e. The van der Waals surface area contributed by atoms with Crippen LogP contribution in [0, 0.1) is 0 Å². The van der Waals surface area contributed by atoms with E-state index in [4.69, 9.17) is 4.74 Å². The Balaban J connectivity index is 1.83. The number of morpholine rings is 1. The summed E-state index contributed by atoms with van der Waals surface area (Å²) in [6.45, 7) is 5.00. The maximum Gasteiger partial charge on any atom is 0.282 e. The second kappa shape index (κ2) is 8.20. The van der Waals surface area contributed by atoms with Gasteiger partial charge in [0.05, 0.1) is 29.5 Å². The summed E-state index contributed by atoms with van der Waals surface area (Å²) in [7, 11) is -3.98. The molecule has 2 aromatic rings. The highest BCUT2D eigenvalue weighted by Gasteiger charge is 2.46. The third-order valence-corrected chi connectivity index (χ3v) is 6.94. The Kier molecular flexibility index (Phi) is 5.74. The Morgan fingerprint density at radius 2 is 1.87 bits per heavy atom. The number of benzene rings is 2. The number of fused-ring (bicyclic) bond motifs is 3. The van der Waals surface area contributed by atoms with Crippen LogP contribution in [0.1, 0.15) is 36.5 Å². The third kappa shape index (κ3) is 3.92. The summed E-state index contributed by atoms with van der Waals surface area (Å²) in [5.74, 6) is -1.43. The van der Waals surface area contributed by atoms with Crippen LogP contribution >= 0.6 is 0 Å². The molecule has 0 amide bonds. The monoisotopic (exact) mass is 442 g/mol. The lowest BCUT2D eigenvalue weighted by Gasteiger charge is -2.45. The lowest BCUT2D eigenvalue weighted by molar-refractivity contribution is -0.219. The number of ether oxygens (including phenoxy) is 1. The first-order valence-electron chi connectivity index (χ1n) is 10.3. The van der Waals surface area contributed by atoms with Gasteiger partial charge in [0.25, 0.3) is 10.0 Å². The first-order valence-corrected chi connectivity index (χ1v) is 11.7. The molecule has 0 saturated carbocycles. The molecule has 31 heavy (non-hydrogen) atoms. The van der Waals surface area contributed by atoms with E-state index >= 15 is 0 Å². The minimum atomic E-state index is -3.98. The molecule has 2 N–H and O–H groups in total. The van der Waals surface area contributed by atoms with E-state index in [-0.39, 0.29) is 30.4 Å². The standard InChI is InChI=1S/C23H26N2O5S/c1-16(2)17-7-9-18(10-8-17)31(28,29)24-21-15-22-23(27,20-6-4-3-5-19(20)21)30-14-12-25(22)11-13-26/h3-10,15-16,26-27H,11-14H2,1-2H3/t23-/m0/s1. The summed E-state index contributed by atoms with van der Waals surface area (Å²) in [4.78, 5) is 1.90. The molecule has 8 heteroatoms. The summed E-state index contributed by atoms with van der Waals surface area (Å²) in [5.41, 5.74) is 2.55. The van der Waals surface area contributed by atoms with E-state index in [1.165, 1.54) is 6.08 Å². The number of hydrogen-bond acceptors (Lipinski definition) is 6. The van der Waals surface area contributed by atoms with Crippen LogP contribution in [0.5, 0.6) is 0 Å². The van der Waals surface area contributed by atoms with Gasteiger partial charge in [0.1, 0.15) is 0 Å². The van der Waals surface area contributed by atoms with Crippen molar-refractivity contribution >= 4 is 15.7 Å². The molecule has 1 heterocycles. The summed E-state index contributed by atoms with van der Waals surface area (Å²) in [6.07, 6.45) is 1.54. The molecule has 0 spiro atoms. The first-order chi connectivity index (χ1) is 14.8. The van der Waals surface area contributed by atoms with Crippen LogP contribution in [0.25, 0.3) is 0 Å². The fourth-order valence-corrected chi connectivity index (χ4v) is 4.96. The molecule has 164 valence electrons. The van der Waals surface area contributed by atoms with Gasteiger partial charge in [-0.15, -0.1) is 0 Å². The smallest absolute Gasteiger partial charge is 0.282 e. The van der Waals surface area contributed by atoms with E-state index in [9.17, 15) is 18.6 Å². The SMILES string of the molecule is CC(C)c1ccc(S(=O)(=O)N=C2C=C3N(CCO)CCO[C@@]3(O)c3ccccc32)cc1. The van der Waals surface area contributed by atoms with E-state index in [1.54, 1.807) is 53.4 Å². The van der Waals surface area contributed by atoms with Crippen molar-refractivity contribution in [3.05, 3.63) is 77.0 Å². The summed E-state index contributed by atoms with van der Waals surface area (Å²) >= 11 is 0.